The van der Waals surface area contributed by atoms with Gasteiger partial charge in [0.05, 0.1) is 36.2 Å². The van der Waals surface area contributed by atoms with Crippen molar-refractivity contribution in [2.45, 2.75) is 13.3 Å². The summed E-state index contributed by atoms with van der Waals surface area (Å²) in [5, 5.41) is 7.86. The number of fused-ring (bicyclic) bond motifs is 1. The molecular formula is C31H26F2N4O4. The Morgan fingerprint density at radius 1 is 1.02 bits per heavy atom. The molecule has 0 spiro atoms. The number of aromatic nitrogens is 3. The number of aryl methyl sites for hydroxylation is 1. The first-order chi connectivity index (χ1) is 19.9. The van der Waals surface area contributed by atoms with E-state index in [1.807, 2.05) is 12.1 Å². The number of ketones is 1. The number of benzene rings is 3. The normalized spacial score (nSPS) is 13.5. The van der Waals surface area contributed by atoms with Gasteiger partial charge in [0.25, 0.3) is 5.56 Å². The summed E-state index contributed by atoms with van der Waals surface area (Å²) >= 11 is 0. The standard InChI is InChI=1S/C31H26F2N4O4/c1-19-12-24(31(39)37(18-19)23-5-3-22(32)4-6-23)28(38)14-20-2-7-29(25(33)13-20)41-30-15-21-17-34-35-26(21)16-27(30)36-8-10-40-11-9-36/h2-7,12-13,15-18H,8-11,14H2,1H3,(H,34,35). The molecule has 1 aliphatic heterocycles. The van der Waals surface area contributed by atoms with Crippen molar-refractivity contribution in [3.8, 4) is 17.2 Å². The van der Waals surface area contributed by atoms with Crippen LogP contribution in [-0.2, 0) is 11.2 Å². The third-order valence-electron chi connectivity index (χ3n) is 7.01. The maximum Gasteiger partial charge on any atom is 0.265 e. The van der Waals surface area contributed by atoms with E-state index in [0.29, 0.717) is 48.9 Å². The minimum absolute atomic E-state index is 0.00720. The number of Topliss-reactive ketones (excluding diaryl/α,β-unsaturated/α-hetero) is 1. The predicted molar refractivity (Wildman–Crippen MR) is 150 cm³/mol. The van der Waals surface area contributed by atoms with Gasteiger partial charge in [0.1, 0.15) is 5.82 Å². The number of H-pyrrole nitrogens is 1. The van der Waals surface area contributed by atoms with E-state index in [-0.39, 0.29) is 17.7 Å². The van der Waals surface area contributed by atoms with E-state index < -0.39 is 23.0 Å². The number of carbonyl (C=O) groups excluding carboxylic acids is 1. The summed E-state index contributed by atoms with van der Waals surface area (Å²) in [5.74, 6) is -1.04. The van der Waals surface area contributed by atoms with Crippen molar-refractivity contribution in [3.63, 3.8) is 0 Å². The van der Waals surface area contributed by atoms with E-state index >= 15 is 4.39 Å². The second-order valence-electron chi connectivity index (χ2n) is 9.93. The Morgan fingerprint density at radius 3 is 2.56 bits per heavy atom. The molecule has 0 aliphatic carbocycles. The number of aromatic amines is 1. The summed E-state index contributed by atoms with van der Waals surface area (Å²) in [6.45, 7) is 4.25. The average Bonchev–Trinajstić information content (AvgIpc) is 3.43. The van der Waals surface area contributed by atoms with Crippen molar-refractivity contribution in [1.82, 2.24) is 14.8 Å². The van der Waals surface area contributed by atoms with Crippen molar-refractivity contribution in [3.05, 3.63) is 112 Å². The fraction of sp³-hybridized carbons (Fsp3) is 0.194. The Kier molecular flexibility index (Phi) is 7.07. The van der Waals surface area contributed by atoms with Crippen LogP contribution in [0.2, 0.25) is 0 Å². The van der Waals surface area contributed by atoms with Crippen LogP contribution in [0.3, 0.4) is 0 Å². The Bertz CT molecular complexity index is 1810. The van der Waals surface area contributed by atoms with E-state index in [1.165, 1.54) is 47.0 Å². The maximum absolute atomic E-state index is 15.3. The molecule has 5 aromatic rings. The van der Waals surface area contributed by atoms with Crippen LogP contribution >= 0.6 is 0 Å². The van der Waals surface area contributed by atoms with Crippen LogP contribution in [0, 0.1) is 18.6 Å². The number of nitrogens with one attached hydrogen (secondary N) is 1. The average molecular weight is 557 g/mol. The largest absolute Gasteiger partial charge is 0.452 e. The number of carbonyl (C=O) groups is 1. The number of halogens is 2. The molecule has 0 saturated carbocycles. The smallest absolute Gasteiger partial charge is 0.265 e. The second-order valence-corrected chi connectivity index (χ2v) is 9.93. The van der Waals surface area contributed by atoms with Crippen molar-refractivity contribution in [2.24, 2.45) is 0 Å². The molecule has 1 fully saturated rings. The number of ether oxygens (including phenoxy) is 2. The molecule has 0 bridgehead atoms. The number of rotatable bonds is 7. The highest BCUT2D eigenvalue weighted by atomic mass is 19.1. The van der Waals surface area contributed by atoms with Gasteiger partial charge in [0.15, 0.2) is 23.1 Å². The second kappa shape index (κ2) is 11.0. The third-order valence-corrected chi connectivity index (χ3v) is 7.01. The zero-order chi connectivity index (χ0) is 28.5. The summed E-state index contributed by atoms with van der Waals surface area (Å²) in [6, 6.07) is 15.0. The molecule has 1 saturated heterocycles. The molecule has 8 nitrogen and oxygen atoms in total. The number of hydrogen-bond donors (Lipinski definition) is 1. The van der Waals surface area contributed by atoms with Crippen LogP contribution < -0.4 is 15.2 Å². The Balaban J connectivity index is 1.25. The molecule has 0 radical (unpaired) electrons. The molecule has 1 aliphatic rings. The molecule has 1 N–H and O–H groups in total. The van der Waals surface area contributed by atoms with Gasteiger partial charge in [-0.15, -0.1) is 0 Å². The monoisotopic (exact) mass is 556 g/mol. The van der Waals surface area contributed by atoms with Crippen LogP contribution in [0.1, 0.15) is 21.5 Å². The number of morpholine rings is 1. The molecule has 3 heterocycles. The number of hydrogen-bond acceptors (Lipinski definition) is 6. The topological polar surface area (TPSA) is 89.5 Å². The summed E-state index contributed by atoms with van der Waals surface area (Å²) in [5.41, 5.74) is 2.58. The minimum atomic E-state index is -0.636. The van der Waals surface area contributed by atoms with E-state index in [0.717, 1.165) is 16.6 Å². The molecular weight excluding hydrogens is 530 g/mol. The minimum Gasteiger partial charge on any atom is -0.452 e. The zero-order valence-corrected chi connectivity index (χ0v) is 22.2. The summed E-state index contributed by atoms with van der Waals surface area (Å²) < 4.78 is 41.5. The Morgan fingerprint density at radius 2 is 1.80 bits per heavy atom. The van der Waals surface area contributed by atoms with E-state index in [1.54, 1.807) is 25.4 Å². The Hall–Kier alpha value is -4.83. The molecule has 41 heavy (non-hydrogen) atoms. The molecule has 0 unspecified atom stereocenters. The van der Waals surface area contributed by atoms with Gasteiger partial charge in [-0.05, 0) is 72.6 Å². The first-order valence-corrected chi connectivity index (χ1v) is 13.1. The zero-order valence-electron chi connectivity index (χ0n) is 22.2. The lowest BCUT2D eigenvalue weighted by Gasteiger charge is -2.30. The van der Waals surface area contributed by atoms with Crippen LogP contribution in [0.15, 0.2) is 77.9 Å². The third kappa shape index (κ3) is 5.46. The van der Waals surface area contributed by atoms with E-state index in [9.17, 15) is 14.0 Å². The molecule has 10 heteroatoms. The van der Waals surface area contributed by atoms with Gasteiger partial charge in [0, 0.05) is 36.8 Å². The molecule has 6 rings (SSSR count). The number of nitrogens with zero attached hydrogens (tertiary/aromatic N) is 3. The van der Waals surface area contributed by atoms with E-state index in [2.05, 4.69) is 15.1 Å². The first-order valence-electron chi connectivity index (χ1n) is 13.1. The van der Waals surface area contributed by atoms with Crippen molar-refractivity contribution >= 4 is 22.4 Å². The number of pyridine rings is 1. The molecule has 0 amide bonds. The lowest BCUT2D eigenvalue weighted by Crippen LogP contribution is -2.36. The van der Waals surface area contributed by atoms with Gasteiger partial charge in [-0.3, -0.25) is 19.3 Å². The Labute approximate surface area is 233 Å². The van der Waals surface area contributed by atoms with Crippen LogP contribution in [0.25, 0.3) is 16.6 Å². The van der Waals surface area contributed by atoms with Gasteiger partial charge in [-0.2, -0.15) is 5.10 Å². The van der Waals surface area contributed by atoms with Gasteiger partial charge in [0.2, 0.25) is 0 Å². The highest BCUT2D eigenvalue weighted by Crippen LogP contribution is 2.37. The summed E-state index contributed by atoms with van der Waals surface area (Å²) in [6.07, 6.45) is 3.08. The molecule has 3 aromatic carbocycles. The molecule has 2 aromatic heterocycles. The van der Waals surface area contributed by atoms with Crippen molar-refractivity contribution in [2.75, 3.05) is 31.2 Å². The van der Waals surface area contributed by atoms with Crippen LogP contribution in [-0.4, -0.2) is 46.9 Å². The maximum atomic E-state index is 15.3. The quantitative estimate of drug-likeness (QED) is 0.272. The van der Waals surface area contributed by atoms with Crippen LogP contribution in [0.5, 0.6) is 11.5 Å². The highest BCUT2D eigenvalue weighted by molar-refractivity contribution is 5.97. The van der Waals surface area contributed by atoms with Gasteiger partial charge in [-0.25, -0.2) is 8.78 Å². The summed E-state index contributed by atoms with van der Waals surface area (Å²) in [7, 11) is 0. The summed E-state index contributed by atoms with van der Waals surface area (Å²) in [4.78, 5) is 28.4. The first kappa shape index (κ1) is 26.4. The SMILES string of the molecule is Cc1cc(C(=O)Cc2ccc(Oc3cc4cn[nH]c4cc3N3CCOCC3)c(F)c2)c(=O)n(-c2ccc(F)cc2)c1. The van der Waals surface area contributed by atoms with Crippen molar-refractivity contribution in [1.29, 1.82) is 0 Å². The fourth-order valence-electron chi connectivity index (χ4n) is 4.94. The van der Waals surface area contributed by atoms with Gasteiger partial charge >= 0.3 is 0 Å². The molecule has 208 valence electrons. The molecule has 0 atom stereocenters. The van der Waals surface area contributed by atoms with Crippen molar-refractivity contribution < 1.29 is 23.0 Å². The van der Waals surface area contributed by atoms with Crippen LogP contribution in [0.4, 0.5) is 14.5 Å². The predicted octanol–water partition coefficient (Wildman–Crippen LogP) is 5.35. The highest BCUT2D eigenvalue weighted by Gasteiger charge is 2.20. The lowest BCUT2D eigenvalue weighted by molar-refractivity contribution is 0.0991. The van der Waals surface area contributed by atoms with E-state index in [4.69, 9.17) is 9.47 Å². The lowest BCUT2D eigenvalue weighted by atomic mass is 10.0. The van der Waals surface area contributed by atoms with Gasteiger partial charge in [-0.1, -0.05) is 6.07 Å². The fourth-order valence-corrected chi connectivity index (χ4v) is 4.94. The number of anilines is 1. The van der Waals surface area contributed by atoms with Gasteiger partial charge < -0.3 is 14.4 Å².